The van der Waals surface area contributed by atoms with Crippen molar-refractivity contribution >= 4 is 5.95 Å². The Morgan fingerprint density at radius 2 is 1.89 bits per heavy atom. The van der Waals surface area contributed by atoms with Gasteiger partial charge in [0.1, 0.15) is 0 Å². The summed E-state index contributed by atoms with van der Waals surface area (Å²) in [5.74, 6) is 1.01. The van der Waals surface area contributed by atoms with E-state index in [1.54, 1.807) is 0 Å². The predicted octanol–water partition coefficient (Wildman–Crippen LogP) is 3.06. The van der Waals surface area contributed by atoms with Crippen LogP contribution in [0.15, 0.2) is 6.20 Å². The van der Waals surface area contributed by atoms with Crippen molar-refractivity contribution in [1.29, 1.82) is 0 Å². The number of anilines is 1. The Kier molecular flexibility index (Phi) is 4.86. The highest BCUT2D eigenvalue weighted by Gasteiger charge is 2.15. The van der Waals surface area contributed by atoms with Crippen molar-refractivity contribution in [3.8, 4) is 0 Å². The molecule has 1 aromatic heterocycles. The van der Waals surface area contributed by atoms with Gasteiger partial charge in [0.25, 0.3) is 0 Å². The molecule has 4 heteroatoms. The third kappa shape index (κ3) is 3.96. The van der Waals surface area contributed by atoms with Crippen LogP contribution in [0.4, 0.5) is 5.95 Å². The van der Waals surface area contributed by atoms with Crippen LogP contribution in [0.1, 0.15) is 51.8 Å². The number of nitrogens with one attached hydrogen (secondary N) is 1. The Morgan fingerprint density at radius 1 is 1.21 bits per heavy atom. The molecule has 0 bridgehead atoms. The van der Waals surface area contributed by atoms with Crippen molar-refractivity contribution in [3.63, 3.8) is 0 Å². The van der Waals surface area contributed by atoms with Gasteiger partial charge in [-0.15, -0.1) is 0 Å². The molecule has 0 aromatic carbocycles. The molecule has 1 fully saturated rings. The Morgan fingerprint density at radius 3 is 2.53 bits per heavy atom. The fourth-order valence-electron chi connectivity index (χ4n) is 2.81. The van der Waals surface area contributed by atoms with Crippen molar-refractivity contribution in [2.24, 2.45) is 0 Å². The average molecular weight is 264 g/mol. The van der Waals surface area contributed by atoms with E-state index in [1.165, 1.54) is 32.4 Å². The summed E-state index contributed by atoms with van der Waals surface area (Å²) >= 11 is 0. The van der Waals surface area contributed by atoms with Crippen LogP contribution in [0.25, 0.3) is 0 Å². The average Bonchev–Trinajstić information content (AvgIpc) is 2.71. The monoisotopic (exact) mass is 264 g/mol. The molecule has 0 spiro atoms. The molecule has 1 aromatic rings. The molecule has 19 heavy (non-hydrogen) atoms. The molecule has 1 aliphatic rings. The predicted molar refractivity (Wildman–Crippen MR) is 80.7 cm³/mol. The van der Waals surface area contributed by atoms with Crippen molar-refractivity contribution in [2.75, 3.05) is 25.0 Å². The molecule has 0 aliphatic carbocycles. The van der Waals surface area contributed by atoms with Gasteiger partial charge in [0.15, 0.2) is 0 Å². The quantitative estimate of drug-likeness (QED) is 0.887. The zero-order valence-corrected chi connectivity index (χ0v) is 12.8. The first-order valence-electron chi connectivity index (χ1n) is 7.60. The van der Waals surface area contributed by atoms with Crippen molar-refractivity contribution in [2.45, 2.75) is 59.0 Å². The number of nitrogens with zero attached hydrogens (tertiary/aromatic N) is 3. The fraction of sp³-hybridized carbons (Fsp3) is 0.800. The summed E-state index contributed by atoms with van der Waals surface area (Å²) in [6.45, 7) is 12.3. The summed E-state index contributed by atoms with van der Waals surface area (Å²) in [6.07, 6.45) is 6.23. The van der Waals surface area contributed by atoms with Crippen molar-refractivity contribution in [1.82, 2.24) is 14.5 Å². The van der Waals surface area contributed by atoms with E-state index >= 15 is 0 Å². The van der Waals surface area contributed by atoms with Crippen LogP contribution < -0.4 is 5.32 Å². The smallest absolute Gasteiger partial charge is 0.203 e. The first-order valence-corrected chi connectivity index (χ1v) is 7.60. The summed E-state index contributed by atoms with van der Waals surface area (Å²) in [5.41, 5.74) is 1.08. The Bertz CT molecular complexity index is 391. The van der Waals surface area contributed by atoms with Crippen LogP contribution in [0.5, 0.6) is 0 Å². The lowest BCUT2D eigenvalue weighted by Crippen LogP contribution is -2.38. The second kappa shape index (κ2) is 6.42. The molecule has 1 saturated heterocycles. The summed E-state index contributed by atoms with van der Waals surface area (Å²) in [7, 11) is 0. The SMILES string of the molecule is Cc1cn(C(C)C)c(NC(C)CN2CCCCC2)n1. The first kappa shape index (κ1) is 14.4. The summed E-state index contributed by atoms with van der Waals surface area (Å²) in [5, 5.41) is 3.57. The second-order valence-corrected chi connectivity index (χ2v) is 6.11. The van der Waals surface area contributed by atoms with Crippen LogP contribution >= 0.6 is 0 Å². The molecule has 2 rings (SSSR count). The standard InChI is InChI=1S/C15H28N4/c1-12(2)19-11-14(4)17-15(19)16-13(3)10-18-8-6-5-7-9-18/h11-13H,5-10H2,1-4H3,(H,16,17). The van der Waals surface area contributed by atoms with E-state index in [9.17, 15) is 0 Å². The molecule has 108 valence electrons. The zero-order chi connectivity index (χ0) is 13.8. The molecule has 0 amide bonds. The lowest BCUT2D eigenvalue weighted by molar-refractivity contribution is 0.223. The van der Waals surface area contributed by atoms with E-state index in [1.807, 2.05) is 0 Å². The Hall–Kier alpha value is -1.03. The molecule has 0 saturated carbocycles. The van der Waals surface area contributed by atoms with Gasteiger partial charge in [0.2, 0.25) is 5.95 Å². The van der Waals surface area contributed by atoms with Crippen LogP contribution in [0.3, 0.4) is 0 Å². The highest BCUT2D eigenvalue weighted by atomic mass is 15.2. The first-order chi connectivity index (χ1) is 9.06. The van der Waals surface area contributed by atoms with Gasteiger partial charge in [-0.05, 0) is 53.6 Å². The van der Waals surface area contributed by atoms with Gasteiger partial charge in [-0.1, -0.05) is 6.42 Å². The minimum absolute atomic E-state index is 0.442. The third-order valence-corrected chi connectivity index (χ3v) is 3.77. The van der Waals surface area contributed by atoms with Gasteiger partial charge < -0.3 is 14.8 Å². The topological polar surface area (TPSA) is 33.1 Å². The number of imidazole rings is 1. The Balaban J connectivity index is 1.92. The molecular weight excluding hydrogens is 236 g/mol. The number of hydrogen-bond donors (Lipinski definition) is 1. The second-order valence-electron chi connectivity index (χ2n) is 6.11. The fourth-order valence-corrected chi connectivity index (χ4v) is 2.81. The zero-order valence-electron chi connectivity index (χ0n) is 12.8. The molecule has 0 radical (unpaired) electrons. The number of hydrogen-bond acceptors (Lipinski definition) is 3. The molecule has 1 N–H and O–H groups in total. The van der Waals surface area contributed by atoms with E-state index < -0.39 is 0 Å². The number of aromatic nitrogens is 2. The number of piperidine rings is 1. The summed E-state index contributed by atoms with van der Waals surface area (Å²) < 4.78 is 2.22. The maximum absolute atomic E-state index is 4.60. The van der Waals surface area contributed by atoms with E-state index in [2.05, 4.69) is 53.7 Å². The molecule has 1 aliphatic heterocycles. The van der Waals surface area contributed by atoms with Gasteiger partial charge in [0, 0.05) is 24.8 Å². The maximum atomic E-state index is 4.60. The van der Waals surface area contributed by atoms with Crippen molar-refractivity contribution in [3.05, 3.63) is 11.9 Å². The van der Waals surface area contributed by atoms with Crippen LogP contribution in [0, 0.1) is 6.92 Å². The molecule has 2 heterocycles. The maximum Gasteiger partial charge on any atom is 0.203 e. The van der Waals surface area contributed by atoms with E-state index in [-0.39, 0.29) is 0 Å². The van der Waals surface area contributed by atoms with Gasteiger partial charge >= 0.3 is 0 Å². The van der Waals surface area contributed by atoms with Gasteiger partial charge in [-0.3, -0.25) is 0 Å². The van der Waals surface area contributed by atoms with Crippen LogP contribution in [0.2, 0.25) is 0 Å². The van der Waals surface area contributed by atoms with Crippen LogP contribution in [-0.4, -0.2) is 40.1 Å². The normalized spacial score (nSPS) is 18.8. The Labute approximate surface area is 117 Å². The van der Waals surface area contributed by atoms with Gasteiger partial charge in [-0.2, -0.15) is 0 Å². The van der Waals surface area contributed by atoms with Crippen LogP contribution in [-0.2, 0) is 0 Å². The minimum Gasteiger partial charge on any atom is -0.352 e. The van der Waals surface area contributed by atoms with E-state index in [0.29, 0.717) is 12.1 Å². The summed E-state index contributed by atoms with van der Waals surface area (Å²) in [4.78, 5) is 7.16. The van der Waals surface area contributed by atoms with E-state index in [4.69, 9.17) is 0 Å². The highest BCUT2D eigenvalue weighted by Crippen LogP contribution is 2.17. The minimum atomic E-state index is 0.442. The molecule has 4 nitrogen and oxygen atoms in total. The summed E-state index contributed by atoms with van der Waals surface area (Å²) in [6, 6.07) is 0.892. The largest absolute Gasteiger partial charge is 0.352 e. The molecular formula is C15H28N4. The third-order valence-electron chi connectivity index (χ3n) is 3.77. The molecule has 1 unspecified atom stereocenters. The van der Waals surface area contributed by atoms with Gasteiger partial charge in [0.05, 0.1) is 5.69 Å². The van der Waals surface area contributed by atoms with Crippen molar-refractivity contribution < 1.29 is 0 Å². The lowest BCUT2D eigenvalue weighted by Gasteiger charge is -2.29. The van der Waals surface area contributed by atoms with E-state index in [0.717, 1.165) is 18.2 Å². The highest BCUT2D eigenvalue weighted by molar-refractivity contribution is 5.30. The number of aryl methyl sites for hydroxylation is 1. The number of likely N-dealkylation sites (tertiary alicyclic amines) is 1. The molecule has 1 atom stereocenters. The van der Waals surface area contributed by atoms with Gasteiger partial charge in [-0.25, -0.2) is 4.98 Å². The lowest BCUT2D eigenvalue weighted by atomic mass is 10.1. The number of rotatable bonds is 5.